The Balaban J connectivity index is 1.69. The van der Waals surface area contributed by atoms with Crippen LogP contribution in [0.15, 0.2) is 30.3 Å². The predicted molar refractivity (Wildman–Crippen MR) is 66.1 cm³/mol. The van der Waals surface area contributed by atoms with Gasteiger partial charge >= 0.3 is 0 Å². The second kappa shape index (κ2) is 3.84. The van der Waals surface area contributed by atoms with E-state index in [1.54, 1.807) is 0 Å². The van der Waals surface area contributed by atoms with E-state index in [1.165, 1.54) is 18.4 Å². The molecule has 2 aliphatic rings. The zero-order valence-corrected chi connectivity index (χ0v) is 9.93. The van der Waals surface area contributed by atoms with Gasteiger partial charge in [0.15, 0.2) is 0 Å². The van der Waals surface area contributed by atoms with Crippen LogP contribution in [0.5, 0.6) is 0 Å². The van der Waals surface area contributed by atoms with Crippen molar-refractivity contribution in [2.75, 3.05) is 13.1 Å². The first kappa shape index (κ1) is 10.8. The normalized spacial score (nSPS) is 26.2. The van der Waals surface area contributed by atoms with Crippen LogP contribution in [-0.2, 0) is 11.3 Å². The van der Waals surface area contributed by atoms with Gasteiger partial charge in [0.25, 0.3) is 0 Å². The van der Waals surface area contributed by atoms with Crippen LogP contribution in [0.25, 0.3) is 0 Å². The number of rotatable bonds is 3. The summed E-state index contributed by atoms with van der Waals surface area (Å²) in [5.74, 6) is -0.0377. The second-order valence-electron chi connectivity index (χ2n) is 5.47. The Morgan fingerprint density at radius 1 is 1.35 bits per heavy atom. The smallest absolute Gasteiger partial charge is 0.222 e. The summed E-state index contributed by atoms with van der Waals surface area (Å²) in [6, 6.07) is 10.4. The fourth-order valence-corrected chi connectivity index (χ4v) is 3.09. The highest BCUT2D eigenvalue weighted by atomic mass is 16.1. The molecule has 1 amide bonds. The molecule has 1 heterocycles. The van der Waals surface area contributed by atoms with Crippen molar-refractivity contribution < 1.29 is 4.79 Å². The van der Waals surface area contributed by atoms with Crippen molar-refractivity contribution in [2.45, 2.75) is 19.4 Å². The molecule has 1 aromatic rings. The lowest BCUT2D eigenvalue weighted by atomic mass is 9.92. The van der Waals surface area contributed by atoms with Gasteiger partial charge in [-0.1, -0.05) is 30.3 Å². The van der Waals surface area contributed by atoms with Gasteiger partial charge < -0.3 is 5.73 Å². The topological polar surface area (TPSA) is 46.3 Å². The molecule has 1 spiro atoms. The lowest BCUT2D eigenvalue weighted by molar-refractivity contribution is -0.122. The van der Waals surface area contributed by atoms with Crippen molar-refractivity contribution in [3.63, 3.8) is 0 Å². The summed E-state index contributed by atoms with van der Waals surface area (Å²) in [4.78, 5) is 13.8. The molecular formula is C14H18N2O. The molecule has 17 heavy (non-hydrogen) atoms. The number of nitrogens with zero attached hydrogens (tertiary/aromatic N) is 1. The molecule has 0 bridgehead atoms. The van der Waals surface area contributed by atoms with E-state index in [4.69, 9.17) is 5.73 Å². The van der Waals surface area contributed by atoms with Crippen LogP contribution in [0.1, 0.15) is 18.4 Å². The van der Waals surface area contributed by atoms with Gasteiger partial charge in [-0.05, 0) is 23.8 Å². The van der Waals surface area contributed by atoms with E-state index >= 15 is 0 Å². The van der Waals surface area contributed by atoms with Crippen LogP contribution in [0.4, 0.5) is 0 Å². The number of benzene rings is 1. The summed E-state index contributed by atoms with van der Waals surface area (Å²) in [6.07, 6.45) is 2.35. The maximum Gasteiger partial charge on any atom is 0.222 e. The van der Waals surface area contributed by atoms with E-state index in [2.05, 4.69) is 29.2 Å². The number of carbonyl (C=O) groups is 1. The molecule has 90 valence electrons. The van der Waals surface area contributed by atoms with Gasteiger partial charge in [0, 0.05) is 19.6 Å². The maximum atomic E-state index is 11.5. The molecule has 1 saturated carbocycles. The minimum absolute atomic E-state index is 0.0752. The number of likely N-dealkylation sites (tertiary alicyclic amines) is 1. The molecule has 1 aliphatic carbocycles. The monoisotopic (exact) mass is 230 g/mol. The molecule has 3 nitrogen and oxygen atoms in total. The van der Waals surface area contributed by atoms with E-state index in [9.17, 15) is 4.79 Å². The SMILES string of the molecule is NC(=O)C1CN(Cc2ccccc2)CC12CC2. The molecule has 3 heteroatoms. The van der Waals surface area contributed by atoms with Crippen molar-refractivity contribution >= 4 is 5.91 Å². The molecule has 1 aliphatic heterocycles. The van der Waals surface area contributed by atoms with Gasteiger partial charge in [-0.3, -0.25) is 9.69 Å². The number of primary amides is 1. The number of nitrogens with two attached hydrogens (primary N) is 1. The van der Waals surface area contributed by atoms with Crippen molar-refractivity contribution in [2.24, 2.45) is 17.1 Å². The average Bonchev–Trinajstić information content (AvgIpc) is 2.97. The quantitative estimate of drug-likeness (QED) is 0.852. The molecule has 0 radical (unpaired) electrons. The van der Waals surface area contributed by atoms with Gasteiger partial charge in [-0.25, -0.2) is 0 Å². The Labute approximate surface area is 102 Å². The Kier molecular flexibility index (Phi) is 2.44. The molecule has 1 unspecified atom stereocenters. The minimum atomic E-state index is -0.113. The zero-order valence-electron chi connectivity index (χ0n) is 9.93. The van der Waals surface area contributed by atoms with Gasteiger partial charge in [0.1, 0.15) is 0 Å². The molecule has 3 rings (SSSR count). The van der Waals surface area contributed by atoms with Crippen LogP contribution in [0.2, 0.25) is 0 Å². The third-order valence-corrected chi connectivity index (χ3v) is 4.20. The molecule has 2 N–H and O–H groups in total. The lowest BCUT2D eigenvalue weighted by Crippen LogP contribution is -2.30. The van der Waals surface area contributed by atoms with Crippen LogP contribution in [-0.4, -0.2) is 23.9 Å². The molecule has 2 fully saturated rings. The van der Waals surface area contributed by atoms with Crippen molar-refractivity contribution in [1.82, 2.24) is 4.90 Å². The molecule has 1 atom stereocenters. The van der Waals surface area contributed by atoms with Crippen LogP contribution in [0, 0.1) is 11.3 Å². The fourth-order valence-electron chi connectivity index (χ4n) is 3.09. The average molecular weight is 230 g/mol. The van der Waals surface area contributed by atoms with E-state index in [0.717, 1.165) is 19.6 Å². The number of hydrogen-bond acceptors (Lipinski definition) is 2. The van der Waals surface area contributed by atoms with Gasteiger partial charge in [-0.15, -0.1) is 0 Å². The molecule has 1 saturated heterocycles. The van der Waals surface area contributed by atoms with Gasteiger partial charge in [0.2, 0.25) is 5.91 Å². The van der Waals surface area contributed by atoms with E-state index in [-0.39, 0.29) is 17.2 Å². The Hall–Kier alpha value is -1.35. The summed E-state index contributed by atoms with van der Waals surface area (Å²) in [5, 5.41) is 0. The minimum Gasteiger partial charge on any atom is -0.369 e. The Morgan fingerprint density at radius 2 is 2.06 bits per heavy atom. The first-order chi connectivity index (χ1) is 8.20. The molecular weight excluding hydrogens is 212 g/mol. The zero-order chi connectivity index (χ0) is 11.9. The van der Waals surface area contributed by atoms with Crippen molar-refractivity contribution in [1.29, 1.82) is 0 Å². The first-order valence-corrected chi connectivity index (χ1v) is 6.25. The highest BCUT2D eigenvalue weighted by Gasteiger charge is 2.56. The van der Waals surface area contributed by atoms with Crippen LogP contribution >= 0.6 is 0 Å². The summed E-state index contributed by atoms with van der Waals surface area (Å²) in [5.41, 5.74) is 7.05. The maximum absolute atomic E-state index is 11.5. The van der Waals surface area contributed by atoms with Gasteiger partial charge in [-0.2, -0.15) is 0 Å². The third kappa shape index (κ3) is 1.95. The largest absolute Gasteiger partial charge is 0.369 e. The van der Waals surface area contributed by atoms with E-state index < -0.39 is 0 Å². The predicted octanol–water partition coefficient (Wildman–Crippen LogP) is 1.38. The summed E-state index contributed by atoms with van der Waals surface area (Å²) in [6.45, 7) is 2.81. The summed E-state index contributed by atoms with van der Waals surface area (Å²) in [7, 11) is 0. The second-order valence-corrected chi connectivity index (χ2v) is 5.47. The van der Waals surface area contributed by atoms with E-state index in [0.29, 0.717) is 0 Å². The molecule has 1 aromatic carbocycles. The standard InChI is InChI=1S/C14H18N2O/c15-13(17)12-9-16(10-14(12)6-7-14)8-11-4-2-1-3-5-11/h1-5,12H,6-10H2,(H2,15,17). The first-order valence-electron chi connectivity index (χ1n) is 6.25. The fraction of sp³-hybridized carbons (Fsp3) is 0.500. The molecule has 0 aromatic heterocycles. The summed E-state index contributed by atoms with van der Waals surface area (Å²) < 4.78 is 0. The van der Waals surface area contributed by atoms with Crippen molar-refractivity contribution in [3.05, 3.63) is 35.9 Å². The number of carbonyl (C=O) groups excluding carboxylic acids is 1. The van der Waals surface area contributed by atoms with Gasteiger partial charge in [0.05, 0.1) is 5.92 Å². The Bertz CT molecular complexity index is 425. The Morgan fingerprint density at radius 3 is 2.59 bits per heavy atom. The highest BCUT2D eigenvalue weighted by molar-refractivity contribution is 5.78. The van der Waals surface area contributed by atoms with Crippen LogP contribution in [0.3, 0.4) is 0 Å². The number of amides is 1. The van der Waals surface area contributed by atoms with E-state index in [1.807, 2.05) is 6.07 Å². The van der Waals surface area contributed by atoms with Crippen molar-refractivity contribution in [3.8, 4) is 0 Å². The highest BCUT2D eigenvalue weighted by Crippen LogP contribution is 2.56. The third-order valence-electron chi connectivity index (χ3n) is 4.20. The summed E-state index contributed by atoms with van der Waals surface area (Å²) >= 11 is 0. The van der Waals surface area contributed by atoms with Crippen LogP contribution < -0.4 is 5.73 Å². The number of hydrogen-bond donors (Lipinski definition) is 1. The lowest BCUT2D eigenvalue weighted by Gasteiger charge is -2.15.